The van der Waals surface area contributed by atoms with Crippen molar-refractivity contribution in [3.05, 3.63) is 76.6 Å². The van der Waals surface area contributed by atoms with E-state index in [0.29, 0.717) is 27.4 Å². The van der Waals surface area contributed by atoms with Gasteiger partial charge in [-0.3, -0.25) is 14.3 Å². The molecule has 0 bridgehead atoms. The van der Waals surface area contributed by atoms with Crippen LogP contribution in [0.4, 0.5) is 5.69 Å². The first kappa shape index (κ1) is 26.9. The summed E-state index contributed by atoms with van der Waals surface area (Å²) in [6, 6.07) is 15.8. The van der Waals surface area contributed by atoms with Crippen LogP contribution in [0, 0.1) is 6.92 Å². The van der Waals surface area contributed by atoms with Gasteiger partial charge in [-0.05, 0) is 55.5 Å². The third kappa shape index (κ3) is 5.55. The van der Waals surface area contributed by atoms with Gasteiger partial charge in [0.05, 0.1) is 26.2 Å². The number of benzene rings is 3. The van der Waals surface area contributed by atoms with Gasteiger partial charge in [0.25, 0.3) is 15.9 Å². The number of hydrogen-bond donors (Lipinski definition) is 1. The monoisotopic (exact) mass is 555 g/mol. The SMILES string of the molecule is COC(=O)Cn1c(=NC(=O)c2ccc(NS(=O)(=O)c3ccc(C)cc3)cc2)sc2c(OC)ccc(OC)c21. The quantitative estimate of drug-likeness (QED) is 0.328. The molecule has 0 fully saturated rings. The van der Waals surface area contributed by atoms with Crippen LogP contribution in [0.15, 0.2) is 70.6 Å². The van der Waals surface area contributed by atoms with Gasteiger partial charge in [0.1, 0.15) is 28.3 Å². The maximum absolute atomic E-state index is 13.1. The Morgan fingerprint density at radius 3 is 2.16 bits per heavy atom. The van der Waals surface area contributed by atoms with Crippen molar-refractivity contribution in [3.8, 4) is 11.5 Å². The predicted molar refractivity (Wildman–Crippen MR) is 143 cm³/mol. The number of sulfonamides is 1. The number of aryl methyl sites for hydroxylation is 1. The Hall–Kier alpha value is -4.16. The largest absolute Gasteiger partial charge is 0.495 e. The number of rotatable bonds is 8. The van der Waals surface area contributed by atoms with E-state index in [4.69, 9.17) is 14.2 Å². The number of thiazole rings is 1. The van der Waals surface area contributed by atoms with E-state index in [1.165, 1.54) is 62.3 Å². The lowest BCUT2D eigenvalue weighted by atomic mass is 10.2. The molecule has 1 aromatic heterocycles. The van der Waals surface area contributed by atoms with Gasteiger partial charge in [0.2, 0.25) is 0 Å². The molecule has 3 aromatic carbocycles. The van der Waals surface area contributed by atoms with Gasteiger partial charge < -0.3 is 18.8 Å². The van der Waals surface area contributed by atoms with Gasteiger partial charge in [0.15, 0.2) is 4.80 Å². The Bertz CT molecular complexity index is 1670. The maximum Gasteiger partial charge on any atom is 0.325 e. The van der Waals surface area contributed by atoms with Crippen LogP contribution in [0.3, 0.4) is 0 Å². The highest BCUT2D eigenvalue weighted by Gasteiger charge is 2.19. The lowest BCUT2D eigenvalue weighted by Gasteiger charge is -2.09. The summed E-state index contributed by atoms with van der Waals surface area (Å²) in [4.78, 5) is 29.8. The number of hydrogen-bond acceptors (Lipinski definition) is 8. The second kappa shape index (κ2) is 11.1. The number of carbonyl (C=O) groups is 2. The molecule has 1 N–H and O–H groups in total. The Morgan fingerprint density at radius 2 is 1.55 bits per heavy atom. The van der Waals surface area contributed by atoms with Gasteiger partial charge in [-0.1, -0.05) is 29.0 Å². The molecule has 0 saturated carbocycles. The number of ether oxygens (including phenoxy) is 3. The fourth-order valence-electron chi connectivity index (χ4n) is 3.64. The van der Waals surface area contributed by atoms with E-state index in [2.05, 4.69) is 9.71 Å². The van der Waals surface area contributed by atoms with Crippen molar-refractivity contribution in [2.45, 2.75) is 18.4 Å². The average molecular weight is 556 g/mol. The van der Waals surface area contributed by atoms with E-state index in [9.17, 15) is 18.0 Å². The van der Waals surface area contributed by atoms with E-state index < -0.39 is 21.9 Å². The molecule has 38 heavy (non-hydrogen) atoms. The van der Waals surface area contributed by atoms with Gasteiger partial charge in [-0.25, -0.2) is 8.42 Å². The number of fused-ring (bicyclic) bond motifs is 1. The minimum atomic E-state index is -3.79. The fourth-order valence-corrected chi connectivity index (χ4v) is 5.84. The normalized spacial score (nSPS) is 11.8. The highest BCUT2D eigenvalue weighted by Crippen LogP contribution is 2.35. The van der Waals surface area contributed by atoms with E-state index in [-0.39, 0.29) is 21.8 Å². The Kier molecular flexibility index (Phi) is 7.83. The summed E-state index contributed by atoms with van der Waals surface area (Å²) in [5, 5.41) is 0. The standard InChI is InChI=1S/C26H25N3O7S2/c1-16-5-11-19(12-6-16)38(32,33)28-18-9-7-17(8-10-18)25(31)27-26-29(15-22(30)36-4)23-20(34-2)13-14-21(35-3)24(23)37-26/h5-14,28H,15H2,1-4H3. The molecule has 0 atom stereocenters. The molecule has 0 unspecified atom stereocenters. The Balaban J connectivity index is 1.69. The van der Waals surface area contributed by atoms with Crippen LogP contribution in [0.25, 0.3) is 10.2 Å². The summed E-state index contributed by atoms with van der Waals surface area (Å²) >= 11 is 1.16. The Labute approximate surface area is 223 Å². The number of carbonyl (C=O) groups excluding carboxylic acids is 2. The molecule has 4 rings (SSSR count). The van der Waals surface area contributed by atoms with Crippen molar-refractivity contribution in [1.29, 1.82) is 0 Å². The minimum absolute atomic E-state index is 0.129. The number of methoxy groups -OCH3 is 3. The van der Waals surface area contributed by atoms with Crippen molar-refractivity contribution in [1.82, 2.24) is 4.57 Å². The minimum Gasteiger partial charge on any atom is -0.495 e. The van der Waals surface area contributed by atoms with Gasteiger partial charge in [-0.2, -0.15) is 4.99 Å². The third-order valence-corrected chi connectivity index (χ3v) is 8.11. The molecule has 4 aromatic rings. The van der Waals surface area contributed by atoms with Crippen molar-refractivity contribution >= 4 is 49.1 Å². The number of amides is 1. The summed E-state index contributed by atoms with van der Waals surface area (Å²) in [5.41, 5.74) is 2.00. The zero-order valence-corrected chi connectivity index (χ0v) is 22.7. The van der Waals surface area contributed by atoms with E-state index in [1.54, 1.807) is 24.3 Å². The predicted octanol–water partition coefficient (Wildman–Crippen LogP) is 3.74. The molecular formula is C26H25N3O7S2. The van der Waals surface area contributed by atoms with E-state index in [1.807, 2.05) is 6.92 Å². The zero-order chi connectivity index (χ0) is 27.4. The lowest BCUT2D eigenvalue weighted by molar-refractivity contribution is -0.141. The summed E-state index contributed by atoms with van der Waals surface area (Å²) in [6.07, 6.45) is 0. The number of nitrogens with one attached hydrogen (secondary N) is 1. The van der Waals surface area contributed by atoms with Crippen molar-refractivity contribution < 1.29 is 32.2 Å². The van der Waals surface area contributed by atoms with Gasteiger partial charge in [-0.15, -0.1) is 0 Å². The maximum atomic E-state index is 13.1. The first-order chi connectivity index (χ1) is 18.2. The molecular weight excluding hydrogens is 530 g/mol. The van der Waals surface area contributed by atoms with Crippen LogP contribution in [0.2, 0.25) is 0 Å². The first-order valence-electron chi connectivity index (χ1n) is 11.3. The molecule has 0 aliphatic rings. The first-order valence-corrected chi connectivity index (χ1v) is 13.6. The Morgan fingerprint density at radius 1 is 0.921 bits per heavy atom. The zero-order valence-electron chi connectivity index (χ0n) is 21.0. The van der Waals surface area contributed by atoms with Crippen LogP contribution in [-0.2, 0) is 26.1 Å². The van der Waals surface area contributed by atoms with Crippen molar-refractivity contribution in [2.24, 2.45) is 4.99 Å². The van der Waals surface area contributed by atoms with Crippen LogP contribution in [-0.4, -0.2) is 46.2 Å². The second-order valence-electron chi connectivity index (χ2n) is 8.11. The molecule has 0 spiro atoms. The van der Waals surface area contributed by atoms with Crippen molar-refractivity contribution in [2.75, 3.05) is 26.1 Å². The number of nitrogens with zero attached hydrogens (tertiary/aromatic N) is 2. The van der Waals surface area contributed by atoms with E-state index >= 15 is 0 Å². The van der Waals surface area contributed by atoms with Crippen molar-refractivity contribution in [3.63, 3.8) is 0 Å². The molecule has 0 aliphatic heterocycles. The van der Waals surface area contributed by atoms with Gasteiger partial charge in [0, 0.05) is 11.3 Å². The molecule has 0 radical (unpaired) electrons. The molecule has 0 aliphatic carbocycles. The summed E-state index contributed by atoms with van der Waals surface area (Å²) in [6.45, 7) is 1.67. The lowest BCUT2D eigenvalue weighted by Crippen LogP contribution is -2.22. The van der Waals surface area contributed by atoms with Crippen LogP contribution in [0.1, 0.15) is 15.9 Å². The van der Waals surface area contributed by atoms with E-state index in [0.717, 1.165) is 16.9 Å². The van der Waals surface area contributed by atoms with Crippen LogP contribution in [0.5, 0.6) is 11.5 Å². The average Bonchev–Trinajstić information content (AvgIpc) is 3.26. The molecule has 12 heteroatoms. The molecule has 198 valence electrons. The fraction of sp³-hybridized carbons (Fsp3) is 0.192. The topological polar surface area (TPSA) is 125 Å². The van der Waals surface area contributed by atoms with Gasteiger partial charge >= 0.3 is 5.97 Å². The molecule has 1 heterocycles. The summed E-state index contributed by atoms with van der Waals surface area (Å²) in [5.74, 6) is -0.113. The van der Waals surface area contributed by atoms with Crippen LogP contribution >= 0.6 is 11.3 Å². The highest BCUT2D eigenvalue weighted by atomic mass is 32.2. The number of aromatic nitrogens is 1. The summed E-state index contributed by atoms with van der Waals surface area (Å²) in [7, 11) is 0.497. The molecule has 0 saturated heterocycles. The number of esters is 1. The smallest absolute Gasteiger partial charge is 0.325 e. The number of anilines is 1. The third-order valence-electron chi connectivity index (χ3n) is 5.62. The molecule has 10 nitrogen and oxygen atoms in total. The van der Waals surface area contributed by atoms with Crippen LogP contribution < -0.4 is 19.0 Å². The second-order valence-corrected chi connectivity index (χ2v) is 10.8. The molecule has 1 amide bonds. The summed E-state index contributed by atoms with van der Waals surface area (Å²) < 4.78 is 45.7. The highest BCUT2D eigenvalue weighted by molar-refractivity contribution is 7.92.